The molecule has 0 spiro atoms. The molecular formula is C16H15FN2OS. The molecule has 0 atom stereocenters. The Morgan fingerprint density at radius 1 is 1.19 bits per heavy atom. The van der Waals surface area contributed by atoms with Crippen LogP contribution in [0.2, 0.25) is 0 Å². The summed E-state index contributed by atoms with van der Waals surface area (Å²) >= 11 is 1.59. The second-order valence-electron chi connectivity index (χ2n) is 4.88. The fourth-order valence-electron chi connectivity index (χ4n) is 2.14. The molecule has 0 bridgehead atoms. The van der Waals surface area contributed by atoms with Gasteiger partial charge in [-0.15, -0.1) is 11.3 Å². The molecule has 21 heavy (non-hydrogen) atoms. The first-order valence-corrected chi connectivity index (χ1v) is 7.50. The lowest BCUT2D eigenvalue weighted by Gasteiger charge is -2.15. The van der Waals surface area contributed by atoms with Gasteiger partial charge in [0.05, 0.1) is 10.6 Å². The molecular weight excluding hydrogens is 287 g/mol. The van der Waals surface area contributed by atoms with Crippen LogP contribution in [0.5, 0.6) is 0 Å². The van der Waals surface area contributed by atoms with Crippen molar-refractivity contribution in [2.75, 3.05) is 7.05 Å². The first-order valence-electron chi connectivity index (χ1n) is 6.62. The maximum atomic E-state index is 13.6. The van der Waals surface area contributed by atoms with Gasteiger partial charge in [0.2, 0.25) is 5.89 Å². The first kappa shape index (κ1) is 14.0. The van der Waals surface area contributed by atoms with Crippen molar-refractivity contribution in [2.24, 2.45) is 0 Å². The zero-order valence-electron chi connectivity index (χ0n) is 11.6. The van der Waals surface area contributed by atoms with Gasteiger partial charge in [-0.05, 0) is 24.6 Å². The lowest BCUT2D eigenvalue weighted by Crippen LogP contribution is -2.18. The zero-order chi connectivity index (χ0) is 14.7. The molecule has 3 nitrogen and oxygen atoms in total. The van der Waals surface area contributed by atoms with Gasteiger partial charge >= 0.3 is 0 Å². The third-order valence-corrected chi connectivity index (χ3v) is 3.97. The molecule has 0 radical (unpaired) electrons. The van der Waals surface area contributed by atoms with Gasteiger partial charge in [-0.25, -0.2) is 9.37 Å². The maximum absolute atomic E-state index is 13.6. The number of nitrogens with zero attached hydrogens (tertiary/aromatic N) is 2. The summed E-state index contributed by atoms with van der Waals surface area (Å²) in [5.74, 6) is 0.461. The molecule has 3 rings (SSSR count). The van der Waals surface area contributed by atoms with Crippen molar-refractivity contribution in [3.63, 3.8) is 0 Å². The highest BCUT2D eigenvalue weighted by Crippen LogP contribution is 2.24. The van der Waals surface area contributed by atoms with Crippen molar-refractivity contribution in [1.82, 2.24) is 9.88 Å². The minimum absolute atomic E-state index is 0.177. The van der Waals surface area contributed by atoms with Gasteiger partial charge in [-0.2, -0.15) is 0 Å². The molecule has 0 aliphatic heterocycles. The Balaban J connectivity index is 1.65. The SMILES string of the molecule is CN(Cc1coc(-c2cccs2)n1)Cc1ccccc1F. The van der Waals surface area contributed by atoms with Crippen LogP contribution in [0.15, 0.2) is 52.5 Å². The van der Waals surface area contributed by atoms with E-state index in [1.165, 1.54) is 6.07 Å². The smallest absolute Gasteiger partial charge is 0.236 e. The number of halogens is 1. The van der Waals surface area contributed by atoms with E-state index in [9.17, 15) is 4.39 Å². The van der Waals surface area contributed by atoms with E-state index in [1.807, 2.05) is 35.5 Å². The average molecular weight is 302 g/mol. The zero-order valence-corrected chi connectivity index (χ0v) is 12.4. The third kappa shape index (κ3) is 3.37. The van der Waals surface area contributed by atoms with Crippen LogP contribution in [0.25, 0.3) is 10.8 Å². The van der Waals surface area contributed by atoms with Crippen LogP contribution in [0.3, 0.4) is 0 Å². The van der Waals surface area contributed by atoms with Gasteiger partial charge in [0, 0.05) is 18.7 Å². The Morgan fingerprint density at radius 2 is 2.05 bits per heavy atom. The van der Waals surface area contributed by atoms with E-state index in [0.29, 0.717) is 24.5 Å². The van der Waals surface area contributed by atoms with E-state index in [0.717, 1.165) is 10.6 Å². The normalized spacial score (nSPS) is 11.2. The summed E-state index contributed by atoms with van der Waals surface area (Å²) in [6.07, 6.45) is 1.66. The molecule has 0 unspecified atom stereocenters. The maximum Gasteiger partial charge on any atom is 0.236 e. The van der Waals surface area contributed by atoms with Gasteiger partial charge in [0.15, 0.2) is 0 Å². The molecule has 5 heteroatoms. The average Bonchev–Trinajstić information content (AvgIpc) is 3.12. The highest BCUT2D eigenvalue weighted by molar-refractivity contribution is 7.13. The number of hydrogen-bond acceptors (Lipinski definition) is 4. The van der Waals surface area contributed by atoms with E-state index >= 15 is 0 Å². The largest absolute Gasteiger partial charge is 0.444 e. The minimum Gasteiger partial charge on any atom is -0.444 e. The van der Waals surface area contributed by atoms with Gasteiger partial charge in [0.1, 0.15) is 12.1 Å². The molecule has 3 aromatic rings. The second-order valence-corrected chi connectivity index (χ2v) is 5.83. The van der Waals surface area contributed by atoms with Crippen molar-refractivity contribution >= 4 is 11.3 Å². The van der Waals surface area contributed by atoms with Gasteiger partial charge in [0.25, 0.3) is 0 Å². The monoisotopic (exact) mass is 302 g/mol. The highest BCUT2D eigenvalue weighted by Gasteiger charge is 2.11. The van der Waals surface area contributed by atoms with E-state index in [4.69, 9.17) is 4.42 Å². The van der Waals surface area contributed by atoms with Crippen LogP contribution >= 0.6 is 11.3 Å². The summed E-state index contributed by atoms with van der Waals surface area (Å²) in [6, 6.07) is 10.8. The van der Waals surface area contributed by atoms with E-state index in [-0.39, 0.29) is 5.82 Å². The van der Waals surface area contributed by atoms with E-state index in [1.54, 1.807) is 29.7 Å². The molecule has 108 valence electrons. The van der Waals surface area contributed by atoms with Crippen LogP contribution < -0.4 is 0 Å². The lowest BCUT2D eigenvalue weighted by molar-refractivity contribution is 0.309. The third-order valence-electron chi connectivity index (χ3n) is 3.11. The fraction of sp³-hybridized carbons (Fsp3) is 0.188. The number of rotatable bonds is 5. The Hall–Kier alpha value is -1.98. The van der Waals surface area contributed by atoms with Crippen molar-refractivity contribution in [1.29, 1.82) is 0 Å². The predicted molar refractivity (Wildman–Crippen MR) is 81.4 cm³/mol. The topological polar surface area (TPSA) is 29.3 Å². The Kier molecular flexibility index (Phi) is 4.13. The van der Waals surface area contributed by atoms with E-state index < -0.39 is 0 Å². The Bertz CT molecular complexity index is 709. The Morgan fingerprint density at radius 3 is 2.81 bits per heavy atom. The summed E-state index contributed by atoms with van der Waals surface area (Å²) in [5.41, 5.74) is 1.53. The molecule has 0 aliphatic rings. The van der Waals surface area contributed by atoms with Crippen LogP contribution in [0.4, 0.5) is 4.39 Å². The summed E-state index contributed by atoms with van der Waals surface area (Å²) < 4.78 is 19.1. The van der Waals surface area contributed by atoms with Crippen LogP contribution in [-0.2, 0) is 13.1 Å². The molecule has 2 heterocycles. The molecule has 0 fully saturated rings. The minimum atomic E-state index is -0.177. The number of hydrogen-bond donors (Lipinski definition) is 0. The summed E-state index contributed by atoms with van der Waals surface area (Å²) in [6.45, 7) is 1.15. The van der Waals surface area contributed by atoms with Crippen molar-refractivity contribution in [3.05, 3.63) is 65.1 Å². The van der Waals surface area contributed by atoms with Crippen LogP contribution in [-0.4, -0.2) is 16.9 Å². The van der Waals surface area contributed by atoms with Gasteiger partial charge in [-0.3, -0.25) is 4.90 Å². The second kappa shape index (κ2) is 6.20. The molecule has 0 saturated carbocycles. The van der Waals surface area contributed by atoms with E-state index in [2.05, 4.69) is 4.98 Å². The Labute approximate surface area is 126 Å². The van der Waals surface area contributed by atoms with Crippen LogP contribution in [0.1, 0.15) is 11.3 Å². The van der Waals surface area contributed by atoms with Crippen LogP contribution in [0, 0.1) is 5.82 Å². The molecule has 1 aromatic carbocycles. The summed E-state index contributed by atoms with van der Waals surface area (Å²) in [7, 11) is 1.94. The van der Waals surface area contributed by atoms with Gasteiger partial charge < -0.3 is 4.42 Å². The molecule has 0 saturated heterocycles. The van der Waals surface area contributed by atoms with Crippen molar-refractivity contribution in [2.45, 2.75) is 13.1 Å². The molecule has 0 aliphatic carbocycles. The molecule has 0 amide bonds. The highest BCUT2D eigenvalue weighted by atomic mass is 32.1. The summed E-state index contributed by atoms with van der Waals surface area (Å²) in [4.78, 5) is 7.49. The molecule has 2 aromatic heterocycles. The first-order chi connectivity index (χ1) is 10.2. The summed E-state index contributed by atoms with van der Waals surface area (Å²) in [5, 5.41) is 1.99. The molecule has 0 N–H and O–H groups in total. The quantitative estimate of drug-likeness (QED) is 0.708. The lowest BCUT2D eigenvalue weighted by atomic mass is 10.2. The van der Waals surface area contributed by atoms with Crippen molar-refractivity contribution in [3.8, 4) is 10.8 Å². The number of thiophene rings is 1. The van der Waals surface area contributed by atoms with Gasteiger partial charge in [-0.1, -0.05) is 24.3 Å². The number of benzene rings is 1. The van der Waals surface area contributed by atoms with Crippen molar-refractivity contribution < 1.29 is 8.81 Å². The number of oxazole rings is 1. The fourth-order valence-corrected chi connectivity index (χ4v) is 2.80. The predicted octanol–water partition coefficient (Wildman–Crippen LogP) is 4.17. The number of aromatic nitrogens is 1. The standard InChI is InChI=1S/C16H15FN2OS/c1-19(9-12-5-2-3-6-14(12)17)10-13-11-20-16(18-13)15-7-4-8-21-15/h2-8,11H,9-10H2,1H3.